The number of nitro groups is 1. The highest BCUT2D eigenvalue weighted by Gasteiger charge is 2.10. The highest BCUT2D eigenvalue weighted by Crippen LogP contribution is 2.15. The van der Waals surface area contributed by atoms with E-state index >= 15 is 0 Å². The van der Waals surface area contributed by atoms with Gasteiger partial charge in [-0.15, -0.1) is 0 Å². The molecule has 0 saturated heterocycles. The van der Waals surface area contributed by atoms with Crippen LogP contribution >= 0.6 is 0 Å². The number of carbonyl (C=O) groups is 1. The van der Waals surface area contributed by atoms with E-state index in [1.54, 1.807) is 0 Å². The Balaban J connectivity index is 2.09. The number of nitrogens with zero attached hydrogens (tertiary/aromatic N) is 2. The average molecular weight is 277 g/mol. The zero-order chi connectivity index (χ0) is 14.5. The molecule has 0 bridgehead atoms. The molecule has 0 aliphatic rings. The number of non-ortho nitro benzene ring substituents is 1. The van der Waals surface area contributed by atoms with Crippen LogP contribution in [0.15, 0.2) is 46.1 Å². The number of furan rings is 1. The summed E-state index contributed by atoms with van der Waals surface area (Å²) in [6.07, 6.45) is 2.29. The monoisotopic (exact) mass is 277 g/mol. The summed E-state index contributed by atoms with van der Waals surface area (Å²) >= 11 is 0. The quantitative estimate of drug-likeness (QED) is 0.525. The Morgan fingerprint density at radius 3 is 2.90 bits per heavy atom. The van der Waals surface area contributed by atoms with Gasteiger partial charge in [0.05, 0.1) is 17.4 Å². The van der Waals surface area contributed by atoms with Crippen LogP contribution in [0.1, 0.15) is 16.1 Å². The van der Waals surface area contributed by atoms with Crippen LogP contribution in [-0.2, 0) is 0 Å². The van der Waals surface area contributed by atoms with E-state index in [9.17, 15) is 19.3 Å². The lowest BCUT2D eigenvalue weighted by Crippen LogP contribution is -2.16. The van der Waals surface area contributed by atoms with Crippen molar-refractivity contribution in [1.29, 1.82) is 0 Å². The van der Waals surface area contributed by atoms with E-state index in [2.05, 4.69) is 10.5 Å². The predicted molar refractivity (Wildman–Crippen MR) is 66.8 cm³/mol. The molecule has 0 spiro atoms. The Kier molecular flexibility index (Phi) is 3.85. The summed E-state index contributed by atoms with van der Waals surface area (Å²) in [4.78, 5) is 21.3. The Labute approximate surface area is 111 Å². The number of hydrogen-bond donors (Lipinski definition) is 1. The molecule has 20 heavy (non-hydrogen) atoms. The van der Waals surface area contributed by atoms with Gasteiger partial charge >= 0.3 is 5.91 Å². The maximum Gasteiger partial charge on any atom is 0.307 e. The van der Waals surface area contributed by atoms with Gasteiger partial charge in [-0.05, 0) is 18.2 Å². The van der Waals surface area contributed by atoms with Crippen LogP contribution < -0.4 is 5.43 Å². The molecule has 0 aliphatic heterocycles. The largest absolute Gasteiger partial charge is 0.459 e. The molecule has 1 heterocycles. The van der Waals surface area contributed by atoms with Gasteiger partial charge in [-0.25, -0.2) is 9.82 Å². The lowest BCUT2D eigenvalue weighted by molar-refractivity contribution is -0.384. The van der Waals surface area contributed by atoms with E-state index in [4.69, 9.17) is 4.42 Å². The summed E-state index contributed by atoms with van der Waals surface area (Å²) < 4.78 is 18.2. The van der Waals surface area contributed by atoms with Gasteiger partial charge in [-0.1, -0.05) is 0 Å². The molecule has 0 aliphatic carbocycles. The molecule has 0 unspecified atom stereocenters. The van der Waals surface area contributed by atoms with Crippen molar-refractivity contribution in [2.45, 2.75) is 0 Å². The van der Waals surface area contributed by atoms with E-state index < -0.39 is 16.6 Å². The standard InChI is InChI=1S/C12H8FN3O4/c13-10-4-3-9(16(18)19)6-8(10)7-14-15-12(17)11-2-1-5-20-11/h1-7H,(H,15,17). The normalized spacial score (nSPS) is 10.7. The van der Waals surface area contributed by atoms with Crippen molar-refractivity contribution in [1.82, 2.24) is 5.43 Å². The number of hydrazone groups is 1. The first-order chi connectivity index (χ1) is 9.58. The molecule has 0 radical (unpaired) electrons. The fraction of sp³-hybridized carbons (Fsp3) is 0. The zero-order valence-corrected chi connectivity index (χ0v) is 9.95. The third kappa shape index (κ3) is 3.05. The SMILES string of the molecule is O=C(NN=Cc1cc([N+](=O)[O-])ccc1F)c1ccco1. The van der Waals surface area contributed by atoms with Crippen molar-refractivity contribution in [2.24, 2.45) is 5.10 Å². The van der Waals surface area contributed by atoms with Gasteiger partial charge < -0.3 is 4.42 Å². The van der Waals surface area contributed by atoms with Crippen molar-refractivity contribution in [3.8, 4) is 0 Å². The van der Waals surface area contributed by atoms with Gasteiger partial charge in [-0.2, -0.15) is 5.10 Å². The molecular weight excluding hydrogens is 269 g/mol. The van der Waals surface area contributed by atoms with Crippen LogP contribution in [0.25, 0.3) is 0 Å². The first-order valence-corrected chi connectivity index (χ1v) is 5.39. The van der Waals surface area contributed by atoms with Crippen LogP contribution in [0.5, 0.6) is 0 Å². The number of hydrogen-bond acceptors (Lipinski definition) is 5. The van der Waals surface area contributed by atoms with Crippen molar-refractivity contribution in [2.75, 3.05) is 0 Å². The number of benzene rings is 1. The second-order valence-electron chi connectivity index (χ2n) is 3.64. The summed E-state index contributed by atoms with van der Waals surface area (Å²) in [7, 11) is 0. The van der Waals surface area contributed by atoms with E-state index in [1.807, 2.05) is 0 Å². The van der Waals surface area contributed by atoms with E-state index in [0.717, 1.165) is 24.4 Å². The third-order valence-electron chi connectivity index (χ3n) is 2.31. The van der Waals surface area contributed by atoms with Crippen LogP contribution in [0.3, 0.4) is 0 Å². The summed E-state index contributed by atoms with van der Waals surface area (Å²) in [5.41, 5.74) is 1.72. The summed E-state index contributed by atoms with van der Waals surface area (Å²) in [5, 5.41) is 14.1. The van der Waals surface area contributed by atoms with Gasteiger partial charge in [0.15, 0.2) is 5.76 Å². The van der Waals surface area contributed by atoms with Crippen LogP contribution in [0.2, 0.25) is 0 Å². The smallest absolute Gasteiger partial charge is 0.307 e. The number of halogens is 1. The van der Waals surface area contributed by atoms with Crippen molar-refractivity contribution < 1.29 is 18.5 Å². The van der Waals surface area contributed by atoms with E-state index in [1.165, 1.54) is 18.4 Å². The average Bonchev–Trinajstić information content (AvgIpc) is 2.94. The molecule has 1 aromatic carbocycles. The molecule has 2 aromatic rings. The topological polar surface area (TPSA) is 97.7 Å². The van der Waals surface area contributed by atoms with Crippen molar-refractivity contribution >= 4 is 17.8 Å². The number of rotatable bonds is 4. The molecule has 2 rings (SSSR count). The number of carbonyl (C=O) groups excluding carboxylic acids is 1. The molecule has 1 amide bonds. The fourth-order valence-electron chi connectivity index (χ4n) is 1.37. The molecular formula is C12H8FN3O4. The van der Waals surface area contributed by atoms with Crippen molar-refractivity contribution in [3.63, 3.8) is 0 Å². The number of amides is 1. The summed E-state index contributed by atoms with van der Waals surface area (Å²) in [5.74, 6) is -1.26. The van der Waals surface area contributed by atoms with E-state index in [0.29, 0.717) is 0 Å². The minimum absolute atomic E-state index is 0.0432. The van der Waals surface area contributed by atoms with E-state index in [-0.39, 0.29) is 17.0 Å². The first kappa shape index (κ1) is 13.4. The number of nitro benzene ring substituents is 1. The number of nitrogens with one attached hydrogen (secondary N) is 1. The lowest BCUT2D eigenvalue weighted by Gasteiger charge is -1.98. The fourth-order valence-corrected chi connectivity index (χ4v) is 1.37. The molecule has 0 fully saturated rings. The molecule has 0 saturated carbocycles. The van der Waals surface area contributed by atoms with Crippen LogP contribution in [0.4, 0.5) is 10.1 Å². The lowest BCUT2D eigenvalue weighted by atomic mass is 10.2. The highest BCUT2D eigenvalue weighted by atomic mass is 19.1. The predicted octanol–water partition coefficient (Wildman–Crippen LogP) is 2.09. The molecule has 8 heteroatoms. The Morgan fingerprint density at radius 2 is 2.25 bits per heavy atom. The van der Waals surface area contributed by atoms with Gasteiger partial charge in [-0.3, -0.25) is 14.9 Å². The first-order valence-electron chi connectivity index (χ1n) is 5.39. The van der Waals surface area contributed by atoms with Gasteiger partial charge in [0.2, 0.25) is 0 Å². The Morgan fingerprint density at radius 1 is 1.45 bits per heavy atom. The molecule has 102 valence electrons. The highest BCUT2D eigenvalue weighted by molar-refractivity contribution is 5.92. The second-order valence-corrected chi connectivity index (χ2v) is 3.64. The minimum atomic E-state index is -0.688. The van der Waals surface area contributed by atoms with Crippen LogP contribution in [-0.4, -0.2) is 17.0 Å². The minimum Gasteiger partial charge on any atom is -0.459 e. The molecule has 1 N–H and O–H groups in total. The molecule has 0 atom stereocenters. The second kappa shape index (κ2) is 5.74. The van der Waals surface area contributed by atoms with Crippen molar-refractivity contribution in [3.05, 3.63) is 63.9 Å². The molecule has 1 aromatic heterocycles. The summed E-state index contributed by atoms with van der Waals surface area (Å²) in [6.45, 7) is 0. The Bertz CT molecular complexity index is 667. The van der Waals surface area contributed by atoms with Gasteiger partial charge in [0, 0.05) is 17.7 Å². The third-order valence-corrected chi connectivity index (χ3v) is 2.31. The maximum absolute atomic E-state index is 13.4. The summed E-state index contributed by atoms with van der Waals surface area (Å²) in [6, 6.07) is 5.96. The zero-order valence-electron chi connectivity index (χ0n) is 9.95. The van der Waals surface area contributed by atoms with Gasteiger partial charge in [0.1, 0.15) is 5.82 Å². The molecule has 7 nitrogen and oxygen atoms in total. The maximum atomic E-state index is 13.4. The Hall–Kier alpha value is -3.03. The van der Waals surface area contributed by atoms with Gasteiger partial charge in [0.25, 0.3) is 5.69 Å². The van der Waals surface area contributed by atoms with Crippen LogP contribution in [0, 0.1) is 15.9 Å².